The Morgan fingerprint density at radius 3 is 2.65 bits per heavy atom. The maximum Gasteiger partial charge on any atom is 0.0746 e. The van der Waals surface area contributed by atoms with Crippen molar-refractivity contribution in [3.8, 4) is 0 Å². The van der Waals surface area contributed by atoms with Crippen LogP contribution in [0.3, 0.4) is 0 Å². The van der Waals surface area contributed by atoms with E-state index in [1.807, 2.05) is 6.92 Å². The van der Waals surface area contributed by atoms with Crippen molar-refractivity contribution in [3.63, 3.8) is 0 Å². The molecule has 1 aliphatic heterocycles. The summed E-state index contributed by atoms with van der Waals surface area (Å²) in [7, 11) is 1.80. The Morgan fingerprint density at radius 2 is 2.06 bits per heavy atom. The normalized spacial score (nSPS) is 22.5. The molecular weight excluding hydrogens is 212 g/mol. The van der Waals surface area contributed by atoms with Crippen molar-refractivity contribution in [2.24, 2.45) is 5.73 Å². The molecule has 0 saturated carbocycles. The molecule has 94 valence electrons. The fourth-order valence-electron chi connectivity index (χ4n) is 2.35. The predicted octanol–water partition coefficient (Wildman–Crippen LogP) is 2.32. The highest BCUT2D eigenvalue weighted by Crippen LogP contribution is 2.22. The molecule has 0 spiro atoms. The second-order valence-electron chi connectivity index (χ2n) is 4.83. The molecule has 1 aromatic rings. The van der Waals surface area contributed by atoms with Gasteiger partial charge in [0, 0.05) is 31.9 Å². The van der Waals surface area contributed by atoms with Gasteiger partial charge in [0.2, 0.25) is 0 Å². The van der Waals surface area contributed by atoms with Crippen LogP contribution in [0.1, 0.15) is 31.4 Å². The van der Waals surface area contributed by atoms with Gasteiger partial charge in [0.05, 0.1) is 6.10 Å². The first kappa shape index (κ1) is 12.4. The number of piperidine rings is 1. The summed E-state index contributed by atoms with van der Waals surface area (Å²) in [5.41, 5.74) is 8.32. The quantitative estimate of drug-likeness (QED) is 0.872. The lowest BCUT2D eigenvalue weighted by Crippen LogP contribution is -2.39. The third kappa shape index (κ3) is 2.99. The summed E-state index contributed by atoms with van der Waals surface area (Å²) in [5, 5.41) is 0. The molecule has 1 unspecified atom stereocenters. The number of ether oxygens (including phenoxy) is 1. The Hall–Kier alpha value is -1.06. The average molecular weight is 234 g/mol. The minimum absolute atomic E-state index is 0.108. The van der Waals surface area contributed by atoms with E-state index in [-0.39, 0.29) is 6.04 Å². The highest BCUT2D eigenvalue weighted by atomic mass is 16.5. The number of nitrogens with zero attached hydrogens (tertiary/aromatic N) is 1. The van der Waals surface area contributed by atoms with Crippen LogP contribution in [0.4, 0.5) is 5.69 Å². The molecule has 1 aromatic carbocycles. The highest BCUT2D eigenvalue weighted by molar-refractivity contribution is 5.48. The molecule has 1 heterocycles. The van der Waals surface area contributed by atoms with Crippen LogP contribution >= 0.6 is 0 Å². The highest BCUT2D eigenvalue weighted by Gasteiger charge is 2.19. The van der Waals surface area contributed by atoms with Crippen LogP contribution < -0.4 is 10.6 Å². The van der Waals surface area contributed by atoms with Gasteiger partial charge in [0.1, 0.15) is 0 Å². The zero-order chi connectivity index (χ0) is 12.3. The molecule has 1 fully saturated rings. The number of anilines is 1. The summed E-state index contributed by atoms with van der Waals surface area (Å²) < 4.78 is 5.44. The number of benzene rings is 1. The molecule has 0 aliphatic carbocycles. The molecule has 0 bridgehead atoms. The first-order valence-corrected chi connectivity index (χ1v) is 6.34. The van der Waals surface area contributed by atoms with E-state index in [4.69, 9.17) is 10.5 Å². The van der Waals surface area contributed by atoms with Gasteiger partial charge in [-0.3, -0.25) is 0 Å². The Morgan fingerprint density at radius 1 is 1.35 bits per heavy atom. The van der Waals surface area contributed by atoms with Crippen molar-refractivity contribution in [2.45, 2.75) is 31.9 Å². The van der Waals surface area contributed by atoms with Gasteiger partial charge in [-0.1, -0.05) is 12.1 Å². The van der Waals surface area contributed by atoms with Crippen LogP contribution in [0, 0.1) is 0 Å². The molecule has 0 aromatic heterocycles. The predicted molar refractivity (Wildman–Crippen MR) is 71.3 cm³/mol. The smallest absolute Gasteiger partial charge is 0.0746 e. The fourth-order valence-corrected chi connectivity index (χ4v) is 2.35. The first-order chi connectivity index (χ1) is 8.20. The number of hydrogen-bond donors (Lipinski definition) is 1. The third-order valence-electron chi connectivity index (χ3n) is 3.50. The van der Waals surface area contributed by atoms with Crippen LogP contribution in [0.15, 0.2) is 24.3 Å². The van der Waals surface area contributed by atoms with Gasteiger partial charge in [-0.2, -0.15) is 0 Å². The molecule has 2 N–H and O–H groups in total. The summed E-state index contributed by atoms with van der Waals surface area (Å²) in [6.07, 6.45) is 2.75. The molecule has 2 rings (SSSR count). The van der Waals surface area contributed by atoms with Crippen LogP contribution in [0.25, 0.3) is 0 Å². The van der Waals surface area contributed by atoms with Gasteiger partial charge in [0.15, 0.2) is 0 Å². The van der Waals surface area contributed by atoms with Crippen molar-refractivity contribution in [2.75, 3.05) is 25.1 Å². The molecule has 1 aliphatic rings. The summed E-state index contributed by atoms with van der Waals surface area (Å²) in [4.78, 5) is 2.39. The fraction of sp³-hybridized carbons (Fsp3) is 0.571. The molecule has 0 radical (unpaired) electrons. The Balaban J connectivity index is 2.06. The van der Waals surface area contributed by atoms with E-state index in [0.717, 1.165) is 13.1 Å². The van der Waals surface area contributed by atoms with E-state index in [1.165, 1.54) is 24.1 Å². The Labute approximate surface area is 104 Å². The van der Waals surface area contributed by atoms with Crippen molar-refractivity contribution >= 4 is 5.69 Å². The molecule has 3 nitrogen and oxygen atoms in total. The maximum atomic E-state index is 5.85. The number of hydrogen-bond acceptors (Lipinski definition) is 3. The topological polar surface area (TPSA) is 38.5 Å². The van der Waals surface area contributed by atoms with E-state index in [0.29, 0.717) is 6.10 Å². The van der Waals surface area contributed by atoms with Gasteiger partial charge < -0.3 is 15.4 Å². The Kier molecular flexibility index (Phi) is 4.02. The zero-order valence-electron chi connectivity index (χ0n) is 10.7. The largest absolute Gasteiger partial charge is 0.380 e. The number of rotatable bonds is 3. The van der Waals surface area contributed by atoms with Gasteiger partial charge in [-0.15, -0.1) is 0 Å². The van der Waals surface area contributed by atoms with Gasteiger partial charge in [-0.25, -0.2) is 0 Å². The summed E-state index contributed by atoms with van der Waals surface area (Å²) >= 11 is 0. The van der Waals surface area contributed by atoms with Crippen LogP contribution in [-0.2, 0) is 4.74 Å². The molecular formula is C14H22N2O. The minimum atomic E-state index is 0.108. The van der Waals surface area contributed by atoms with E-state index >= 15 is 0 Å². The van der Waals surface area contributed by atoms with Gasteiger partial charge in [-0.05, 0) is 37.5 Å². The zero-order valence-corrected chi connectivity index (χ0v) is 10.7. The van der Waals surface area contributed by atoms with Crippen molar-refractivity contribution in [1.82, 2.24) is 0 Å². The molecule has 0 amide bonds. The summed E-state index contributed by atoms with van der Waals surface area (Å²) in [5.74, 6) is 0. The lowest BCUT2D eigenvalue weighted by atomic mass is 10.1. The van der Waals surface area contributed by atoms with Gasteiger partial charge >= 0.3 is 0 Å². The van der Waals surface area contributed by atoms with Crippen molar-refractivity contribution in [1.29, 1.82) is 0 Å². The lowest BCUT2D eigenvalue weighted by Gasteiger charge is -2.33. The van der Waals surface area contributed by atoms with Crippen molar-refractivity contribution in [3.05, 3.63) is 29.8 Å². The van der Waals surface area contributed by atoms with Crippen LogP contribution in [0.2, 0.25) is 0 Å². The average Bonchev–Trinajstić information content (AvgIpc) is 2.39. The maximum absolute atomic E-state index is 5.85. The minimum Gasteiger partial charge on any atom is -0.380 e. The molecule has 3 heteroatoms. The third-order valence-corrected chi connectivity index (χ3v) is 3.50. The molecule has 1 saturated heterocycles. The van der Waals surface area contributed by atoms with E-state index in [9.17, 15) is 0 Å². The van der Waals surface area contributed by atoms with E-state index in [2.05, 4.69) is 29.2 Å². The van der Waals surface area contributed by atoms with Crippen LogP contribution in [0.5, 0.6) is 0 Å². The van der Waals surface area contributed by atoms with Crippen molar-refractivity contribution < 1.29 is 4.74 Å². The lowest BCUT2D eigenvalue weighted by molar-refractivity contribution is 0.0893. The second-order valence-corrected chi connectivity index (χ2v) is 4.83. The SMILES string of the molecule is COC1CCCN(c2ccc([C@H](C)N)cc2)C1. The van der Waals surface area contributed by atoms with Gasteiger partial charge in [0.25, 0.3) is 0 Å². The van der Waals surface area contributed by atoms with Crippen LogP contribution in [-0.4, -0.2) is 26.3 Å². The second kappa shape index (κ2) is 5.52. The summed E-state index contributed by atoms with van der Waals surface area (Å²) in [6, 6.07) is 8.68. The molecule has 2 atom stereocenters. The summed E-state index contributed by atoms with van der Waals surface area (Å²) in [6.45, 7) is 4.13. The van der Waals surface area contributed by atoms with E-state index < -0.39 is 0 Å². The van der Waals surface area contributed by atoms with E-state index in [1.54, 1.807) is 7.11 Å². The Bertz CT molecular complexity index is 348. The number of methoxy groups -OCH3 is 1. The first-order valence-electron chi connectivity index (χ1n) is 6.34. The number of nitrogens with two attached hydrogens (primary N) is 1. The standard InChI is InChI=1S/C14H22N2O/c1-11(15)12-5-7-13(8-6-12)16-9-3-4-14(10-16)17-2/h5-8,11,14H,3-4,9-10,15H2,1-2H3/t11-,14?/m0/s1. The molecule has 17 heavy (non-hydrogen) atoms. The monoisotopic (exact) mass is 234 g/mol.